The molecule has 3 rings (SSSR count). The third-order valence-corrected chi connectivity index (χ3v) is 3.48. The van der Waals surface area contributed by atoms with Gasteiger partial charge in [-0.25, -0.2) is 9.97 Å². The van der Waals surface area contributed by atoms with E-state index in [-0.39, 0.29) is 0 Å². The average molecular weight is 221 g/mol. The van der Waals surface area contributed by atoms with Gasteiger partial charge in [-0.05, 0) is 18.4 Å². The van der Waals surface area contributed by atoms with Gasteiger partial charge in [0.05, 0.1) is 5.00 Å². The fraction of sp³-hybridized carbons (Fsp3) is 0.455. The summed E-state index contributed by atoms with van der Waals surface area (Å²) in [6, 6.07) is 0. The van der Waals surface area contributed by atoms with E-state index in [1.165, 1.54) is 22.4 Å². The third-order valence-electron chi connectivity index (χ3n) is 2.36. The zero-order chi connectivity index (χ0) is 10.7. The summed E-state index contributed by atoms with van der Waals surface area (Å²) >= 11 is 1.74. The van der Waals surface area contributed by atoms with Crippen LogP contribution in [0.25, 0.3) is 10.2 Å². The Bertz CT molecular complexity index is 450. The summed E-state index contributed by atoms with van der Waals surface area (Å²) in [5.41, 5.74) is 1.41. The molecule has 0 aliphatic carbocycles. The second-order valence-corrected chi connectivity index (χ2v) is 4.18. The van der Waals surface area contributed by atoms with E-state index in [1.54, 1.807) is 17.7 Å². The van der Waals surface area contributed by atoms with Crippen LogP contribution in [0.15, 0.2) is 12.5 Å². The van der Waals surface area contributed by atoms with Crippen molar-refractivity contribution in [2.45, 2.75) is 26.7 Å². The van der Waals surface area contributed by atoms with Crippen molar-refractivity contribution in [3.8, 4) is 0 Å². The van der Waals surface area contributed by atoms with Gasteiger partial charge in [0.25, 0.3) is 0 Å². The number of anilines is 1. The maximum atomic E-state index is 4.25. The topological polar surface area (TPSA) is 37.8 Å². The van der Waals surface area contributed by atoms with E-state index in [1.807, 2.05) is 20.0 Å². The molecule has 15 heavy (non-hydrogen) atoms. The number of fused-ring (bicyclic) bond motifs is 3. The van der Waals surface area contributed by atoms with Crippen LogP contribution in [0.5, 0.6) is 0 Å². The molecule has 0 unspecified atom stereocenters. The van der Waals surface area contributed by atoms with Gasteiger partial charge in [0, 0.05) is 18.1 Å². The van der Waals surface area contributed by atoms with E-state index < -0.39 is 0 Å². The molecule has 1 N–H and O–H groups in total. The Morgan fingerprint density at radius 2 is 2.27 bits per heavy atom. The van der Waals surface area contributed by atoms with Crippen LogP contribution in [0.4, 0.5) is 5.00 Å². The third kappa shape index (κ3) is 1.81. The van der Waals surface area contributed by atoms with E-state index in [0.717, 1.165) is 17.8 Å². The minimum Gasteiger partial charge on any atom is -0.377 e. The largest absolute Gasteiger partial charge is 0.377 e. The van der Waals surface area contributed by atoms with Crippen LogP contribution in [0, 0.1) is 0 Å². The van der Waals surface area contributed by atoms with E-state index in [4.69, 9.17) is 0 Å². The molecule has 1 aliphatic rings. The Morgan fingerprint density at radius 3 is 3.13 bits per heavy atom. The Kier molecular flexibility index (Phi) is 3.16. The van der Waals surface area contributed by atoms with Crippen LogP contribution < -0.4 is 5.32 Å². The lowest BCUT2D eigenvalue weighted by atomic mass is 10.1. The molecule has 0 atom stereocenters. The monoisotopic (exact) mass is 221 g/mol. The number of thiophene rings is 1. The van der Waals surface area contributed by atoms with Crippen molar-refractivity contribution in [1.82, 2.24) is 9.97 Å². The predicted molar refractivity (Wildman–Crippen MR) is 65.6 cm³/mol. The molecule has 1 aliphatic heterocycles. The summed E-state index contributed by atoms with van der Waals surface area (Å²) in [5, 5.41) is 5.93. The minimum atomic E-state index is 1.09. The standard InChI is InChI=1S/C9H9N3S.C2H6/c1-2-6-7-4-10-5-12-9(7)13-8(6)11-3-1;1-2/h4-5,11H,1-3H2;1-2H3. The Labute approximate surface area is 93.6 Å². The smallest absolute Gasteiger partial charge is 0.128 e. The van der Waals surface area contributed by atoms with Crippen molar-refractivity contribution in [3.05, 3.63) is 18.1 Å². The van der Waals surface area contributed by atoms with Gasteiger partial charge < -0.3 is 5.32 Å². The Hall–Kier alpha value is -1.16. The number of hydrogen-bond donors (Lipinski definition) is 1. The summed E-state index contributed by atoms with van der Waals surface area (Å²) in [7, 11) is 0. The highest BCUT2D eigenvalue weighted by Gasteiger charge is 2.15. The van der Waals surface area contributed by atoms with Gasteiger partial charge in [-0.2, -0.15) is 0 Å². The normalized spacial score (nSPS) is 13.7. The van der Waals surface area contributed by atoms with Crippen LogP contribution in [-0.2, 0) is 6.42 Å². The molecule has 4 heteroatoms. The lowest BCUT2D eigenvalue weighted by Crippen LogP contribution is -2.08. The number of aryl methyl sites for hydroxylation is 1. The predicted octanol–water partition coefficient (Wildman–Crippen LogP) is 3.08. The van der Waals surface area contributed by atoms with E-state index in [2.05, 4.69) is 15.3 Å². The van der Waals surface area contributed by atoms with Gasteiger partial charge >= 0.3 is 0 Å². The van der Waals surface area contributed by atoms with Gasteiger partial charge in [0.1, 0.15) is 11.2 Å². The van der Waals surface area contributed by atoms with Gasteiger partial charge in [-0.3, -0.25) is 0 Å². The number of nitrogens with one attached hydrogen (secondary N) is 1. The summed E-state index contributed by atoms with van der Waals surface area (Å²) in [6.07, 6.45) is 5.92. The molecule has 80 valence electrons. The molecule has 2 aromatic heterocycles. The summed E-state index contributed by atoms with van der Waals surface area (Å²) in [6.45, 7) is 5.09. The van der Waals surface area contributed by atoms with Crippen molar-refractivity contribution >= 4 is 26.6 Å². The average Bonchev–Trinajstić information content (AvgIpc) is 2.70. The first-order chi connectivity index (χ1) is 7.45. The molecule has 0 saturated carbocycles. The summed E-state index contributed by atoms with van der Waals surface area (Å²) in [5.74, 6) is 0. The van der Waals surface area contributed by atoms with Gasteiger partial charge in [0.15, 0.2) is 0 Å². The van der Waals surface area contributed by atoms with Crippen molar-refractivity contribution in [2.24, 2.45) is 0 Å². The Morgan fingerprint density at radius 1 is 1.40 bits per heavy atom. The highest BCUT2D eigenvalue weighted by atomic mass is 32.1. The number of nitrogens with zero attached hydrogens (tertiary/aromatic N) is 2. The molecule has 3 nitrogen and oxygen atoms in total. The Balaban J connectivity index is 0.000000404. The molecule has 2 aromatic rings. The minimum absolute atomic E-state index is 1.09. The van der Waals surface area contributed by atoms with Crippen molar-refractivity contribution < 1.29 is 0 Å². The maximum absolute atomic E-state index is 4.25. The number of rotatable bonds is 0. The van der Waals surface area contributed by atoms with Crippen molar-refractivity contribution in [1.29, 1.82) is 0 Å². The first-order valence-electron chi connectivity index (χ1n) is 5.40. The molecule has 0 amide bonds. The van der Waals surface area contributed by atoms with Crippen molar-refractivity contribution in [2.75, 3.05) is 11.9 Å². The molecule has 0 saturated heterocycles. The van der Waals surface area contributed by atoms with Crippen LogP contribution in [-0.4, -0.2) is 16.5 Å². The van der Waals surface area contributed by atoms with E-state index in [9.17, 15) is 0 Å². The SMILES string of the molecule is CC.c1ncc2c3c(sc2n1)NCCC3. The van der Waals surface area contributed by atoms with Gasteiger partial charge in [-0.1, -0.05) is 25.2 Å². The maximum Gasteiger partial charge on any atom is 0.128 e. The molecule has 0 fully saturated rings. The molecule has 0 radical (unpaired) electrons. The number of aromatic nitrogens is 2. The van der Waals surface area contributed by atoms with Crippen LogP contribution in [0.1, 0.15) is 25.8 Å². The molecular formula is C11H15N3S. The van der Waals surface area contributed by atoms with Crippen LogP contribution >= 0.6 is 11.3 Å². The van der Waals surface area contributed by atoms with Crippen LogP contribution in [0.2, 0.25) is 0 Å². The highest BCUT2D eigenvalue weighted by molar-refractivity contribution is 7.22. The molecule has 0 bridgehead atoms. The second kappa shape index (κ2) is 4.57. The van der Waals surface area contributed by atoms with Gasteiger partial charge in [0.2, 0.25) is 0 Å². The van der Waals surface area contributed by atoms with E-state index in [0.29, 0.717) is 0 Å². The lowest BCUT2D eigenvalue weighted by Gasteiger charge is -2.12. The molecule has 0 aromatic carbocycles. The fourth-order valence-electron chi connectivity index (χ4n) is 1.75. The fourth-order valence-corrected chi connectivity index (χ4v) is 2.83. The summed E-state index contributed by atoms with van der Waals surface area (Å²) < 4.78 is 0. The number of hydrogen-bond acceptors (Lipinski definition) is 4. The first kappa shape index (κ1) is 10.4. The summed E-state index contributed by atoms with van der Waals surface area (Å²) in [4.78, 5) is 9.42. The molecule has 0 spiro atoms. The van der Waals surface area contributed by atoms with Gasteiger partial charge in [-0.15, -0.1) is 0 Å². The highest BCUT2D eigenvalue weighted by Crippen LogP contribution is 2.36. The first-order valence-corrected chi connectivity index (χ1v) is 6.22. The molecular weight excluding hydrogens is 206 g/mol. The molecule has 3 heterocycles. The zero-order valence-electron chi connectivity index (χ0n) is 9.08. The zero-order valence-corrected chi connectivity index (χ0v) is 9.90. The van der Waals surface area contributed by atoms with Crippen LogP contribution in [0.3, 0.4) is 0 Å². The van der Waals surface area contributed by atoms with Crippen molar-refractivity contribution in [3.63, 3.8) is 0 Å². The van der Waals surface area contributed by atoms with E-state index >= 15 is 0 Å². The lowest BCUT2D eigenvalue weighted by molar-refractivity contribution is 0.842. The quantitative estimate of drug-likeness (QED) is 0.743. The second-order valence-electron chi connectivity index (χ2n) is 3.18.